The molecule has 1 aromatic rings. The highest BCUT2D eigenvalue weighted by atomic mass is 16.2. The summed E-state index contributed by atoms with van der Waals surface area (Å²) in [6.07, 6.45) is 5.97. The molecule has 2 amide bonds. The second kappa shape index (κ2) is 8.23. The summed E-state index contributed by atoms with van der Waals surface area (Å²) in [6, 6.07) is 6.49. The highest BCUT2D eigenvalue weighted by Gasteiger charge is 2.48. The zero-order valence-electron chi connectivity index (χ0n) is 18.2. The summed E-state index contributed by atoms with van der Waals surface area (Å²) >= 11 is 0. The van der Waals surface area contributed by atoms with Crippen molar-refractivity contribution in [1.29, 1.82) is 0 Å². The molecule has 0 N–H and O–H groups in total. The number of rotatable bonds is 7. The van der Waals surface area contributed by atoms with Gasteiger partial charge in [0.25, 0.3) is 11.8 Å². The van der Waals surface area contributed by atoms with E-state index in [0.29, 0.717) is 29.6 Å². The number of imide groups is 1. The molecule has 1 aliphatic carbocycles. The zero-order chi connectivity index (χ0) is 20.6. The first-order valence-electron chi connectivity index (χ1n) is 10.9. The first-order valence-corrected chi connectivity index (χ1v) is 10.9. The summed E-state index contributed by atoms with van der Waals surface area (Å²) in [4.78, 5) is 26.9. The van der Waals surface area contributed by atoms with Crippen molar-refractivity contribution < 1.29 is 9.59 Å². The third-order valence-corrected chi connectivity index (χ3v) is 6.07. The Hall–Kier alpha value is -1.90. The molecule has 0 bridgehead atoms. The van der Waals surface area contributed by atoms with Gasteiger partial charge in [0.2, 0.25) is 0 Å². The van der Waals surface area contributed by atoms with E-state index in [1.54, 1.807) is 4.90 Å². The summed E-state index contributed by atoms with van der Waals surface area (Å²) in [7, 11) is 0. The van der Waals surface area contributed by atoms with E-state index in [-0.39, 0.29) is 17.9 Å². The Labute approximate surface area is 170 Å². The van der Waals surface area contributed by atoms with Crippen LogP contribution in [0.1, 0.15) is 83.0 Å². The van der Waals surface area contributed by atoms with Crippen molar-refractivity contribution in [3.05, 3.63) is 47.0 Å². The van der Waals surface area contributed by atoms with Crippen LogP contribution < -0.4 is 0 Å². The number of hydrogen-bond donors (Lipinski definition) is 0. The van der Waals surface area contributed by atoms with Crippen molar-refractivity contribution in [2.24, 2.45) is 23.7 Å². The first-order chi connectivity index (χ1) is 13.2. The zero-order valence-corrected chi connectivity index (χ0v) is 18.2. The SMILES string of the molecule is CC(C)Cc1cccc2c1[C@@H](N1C(=O)C=CC1=O)[C@@H](CC(C)C)[C@@H]2CC(C)C. The van der Waals surface area contributed by atoms with Gasteiger partial charge in [0.05, 0.1) is 6.04 Å². The summed E-state index contributed by atoms with van der Waals surface area (Å²) < 4.78 is 0. The molecule has 2 aliphatic rings. The largest absolute Gasteiger partial charge is 0.269 e. The van der Waals surface area contributed by atoms with Gasteiger partial charge in [0, 0.05) is 12.2 Å². The Morgan fingerprint density at radius 2 is 1.46 bits per heavy atom. The fourth-order valence-corrected chi connectivity index (χ4v) is 5.25. The second-order valence-corrected chi connectivity index (χ2v) is 9.87. The van der Waals surface area contributed by atoms with Gasteiger partial charge in [-0.2, -0.15) is 0 Å². The van der Waals surface area contributed by atoms with Crippen LogP contribution in [-0.2, 0) is 16.0 Å². The number of amides is 2. The van der Waals surface area contributed by atoms with Crippen LogP contribution in [0.3, 0.4) is 0 Å². The van der Waals surface area contributed by atoms with E-state index in [9.17, 15) is 9.59 Å². The predicted octanol–water partition coefficient (Wildman–Crippen LogP) is 5.66. The van der Waals surface area contributed by atoms with Gasteiger partial charge in [-0.25, -0.2) is 0 Å². The molecular formula is C25H35NO2. The van der Waals surface area contributed by atoms with Crippen molar-refractivity contribution in [3.63, 3.8) is 0 Å². The lowest BCUT2D eigenvalue weighted by Crippen LogP contribution is -2.38. The molecule has 0 saturated heterocycles. The standard InChI is InChI=1S/C25H35NO2/c1-15(2)12-18-8-7-9-19-20(13-16(3)4)21(14-17(5)6)25(24(18)19)26-22(27)10-11-23(26)28/h7-11,15-17,20-21,25H,12-14H2,1-6H3/t20-,21+,25+/m1/s1. The molecule has 0 unspecified atom stereocenters. The quantitative estimate of drug-likeness (QED) is 0.572. The number of benzene rings is 1. The molecule has 28 heavy (non-hydrogen) atoms. The van der Waals surface area contributed by atoms with E-state index in [4.69, 9.17) is 0 Å². The molecule has 0 radical (unpaired) electrons. The molecule has 152 valence electrons. The summed E-state index contributed by atoms with van der Waals surface area (Å²) in [5.41, 5.74) is 3.94. The van der Waals surface area contributed by atoms with Crippen molar-refractivity contribution in [3.8, 4) is 0 Å². The molecule has 1 aromatic carbocycles. The lowest BCUT2D eigenvalue weighted by atomic mass is 9.79. The van der Waals surface area contributed by atoms with E-state index in [0.717, 1.165) is 19.3 Å². The van der Waals surface area contributed by atoms with Gasteiger partial charge in [0.1, 0.15) is 0 Å². The van der Waals surface area contributed by atoms with Crippen LogP contribution in [0.2, 0.25) is 0 Å². The Bertz CT molecular complexity index is 757. The van der Waals surface area contributed by atoms with E-state index < -0.39 is 0 Å². The van der Waals surface area contributed by atoms with Crippen molar-refractivity contribution in [2.75, 3.05) is 0 Å². The monoisotopic (exact) mass is 381 g/mol. The van der Waals surface area contributed by atoms with Crippen LogP contribution >= 0.6 is 0 Å². The number of carbonyl (C=O) groups excluding carboxylic acids is 2. The molecule has 0 aromatic heterocycles. The van der Waals surface area contributed by atoms with Gasteiger partial charge < -0.3 is 0 Å². The van der Waals surface area contributed by atoms with Gasteiger partial charge in [-0.05, 0) is 65.5 Å². The van der Waals surface area contributed by atoms with Gasteiger partial charge >= 0.3 is 0 Å². The Kier molecular flexibility index (Phi) is 6.12. The van der Waals surface area contributed by atoms with Gasteiger partial charge in [-0.3, -0.25) is 14.5 Å². The molecule has 0 fully saturated rings. The van der Waals surface area contributed by atoms with Crippen LogP contribution in [-0.4, -0.2) is 16.7 Å². The summed E-state index contributed by atoms with van der Waals surface area (Å²) in [5, 5.41) is 0. The summed E-state index contributed by atoms with van der Waals surface area (Å²) in [5.74, 6) is 2.00. The van der Waals surface area contributed by atoms with Gasteiger partial charge in [-0.15, -0.1) is 0 Å². The molecule has 0 spiro atoms. The average molecular weight is 382 g/mol. The molecule has 1 aliphatic heterocycles. The highest BCUT2D eigenvalue weighted by molar-refractivity contribution is 6.13. The third-order valence-electron chi connectivity index (χ3n) is 6.07. The molecule has 3 rings (SSSR count). The molecule has 3 atom stereocenters. The fourth-order valence-electron chi connectivity index (χ4n) is 5.25. The molecule has 1 heterocycles. The van der Waals surface area contributed by atoms with Gasteiger partial charge in [-0.1, -0.05) is 59.7 Å². The molecule has 3 heteroatoms. The maximum atomic E-state index is 12.7. The van der Waals surface area contributed by atoms with Crippen LogP contribution in [0.25, 0.3) is 0 Å². The number of hydrogen-bond acceptors (Lipinski definition) is 2. The van der Waals surface area contributed by atoms with Crippen molar-refractivity contribution >= 4 is 11.8 Å². The smallest absolute Gasteiger partial charge is 0.254 e. The highest BCUT2D eigenvalue weighted by Crippen LogP contribution is 2.54. The van der Waals surface area contributed by atoms with E-state index >= 15 is 0 Å². The number of carbonyl (C=O) groups is 2. The Morgan fingerprint density at radius 1 is 0.857 bits per heavy atom. The minimum absolute atomic E-state index is 0.133. The Morgan fingerprint density at radius 3 is 2.00 bits per heavy atom. The van der Waals surface area contributed by atoms with Gasteiger partial charge in [0.15, 0.2) is 0 Å². The summed E-state index contributed by atoms with van der Waals surface area (Å²) in [6.45, 7) is 13.5. The average Bonchev–Trinajstić information content (AvgIpc) is 3.05. The van der Waals surface area contributed by atoms with E-state index in [1.165, 1.54) is 28.8 Å². The fraction of sp³-hybridized carbons (Fsp3) is 0.600. The predicted molar refractivity (Wildman–Crippen MR) is 114 cm³/mol. The maximum Gasteiger partial charge on any atom is 0.254 e. The number of fused-ring (bicyclic) bond motifs is 1. The van der Waals surface area contributed by atoms with Crippen molar-refractivity contribution in [2.45, 2.75) is 72.8 Å². The Balaban J connectivity index is 2.17. The molecule has 0 saturated carbocycles. The van der Waals surface area contributed by atoms with Crippen molar-refractivity contribution in [1.82, 2.24) is 4.90 Å². The lowest BCUT2D eigenvalue weighted by Gasteiger charge is -2.33. The second-order valence-electron chi connectivity index (χ2n) is 9.87. The van der Waals surface area contributed by atoms with Crippen LogP contribution in [0.15, 0.2) is 30.4 Å². The van der Waals surface area contributed by atoms with E-state index in [2.05, 4.69) is 59.7 Å². The third kappa shape index (κ3) is 3.94. The topological polar surface area (TPSA) is 37.4 Å². The van der Waals surface area contributed by atoms with E-state index in [1.807, 2.05) is 0 Å². The lowest BCUT2D eigenvalue weighted by molar-refractivity contribution is -0.141. The number of nitrogens with zero attached hydrogens (tertiary/aromatic N) is 1. The normalized spacial score (nSPS) is 24.3. The molecular weight excluding hydrogens is 346 g/mol. The first kappa shape index (κ1) is 20.8. The maximum absolute atomic E-state index is 12.7. The van der Waals surface area contributed by atoms with Crippen LogP contribution in [0.5, 0.6) is 0 Å². The van der Waals surface area contributed by atoms with Crippen LogP contribution in [0.4, 0.5) is 0 Å². The minimum atomic E-state index is -0.153. The van der Waals surface area contributed by atoms with Crippen LogP contribution in [0, 0.1) is 23.7 Å². The molecule has 3 nitrogen and oxygen atoms in total. The minimum Gasteiger partial charge on any atom is -0.269 e.